The van der Waals surface area contributed by atoms with Crippen molar-refractivity contribution < 1.29 is 0 Å². The summed E-state index contributed by atoms with van der Waals surface area (Å²) in [5, 5.41) is 0. The quantitative estimate of drug-likeness (QED) is 0.554. The lowest BCUT2D eigenvalue weighted by atomic mass is 9.69. The molecule has 2 aliphatic carbocycles. The summed E-state index contributed by atoms with van der Waals surface area (Å²) in [6.07, 6.45) is 14.3. The lowest BCUT2D eigenvalue weighted by Gasteiger charge is -2.37. The van der Waals surface area contributed by atoms with Gasteiger partial charge in [-0.1, -0.05) is 71.6 Å². The Kier molecular flexibility index (Phi) is 7.16. The molecule has 0 heterocycles. The number of hydrogen-bond acceptors (Lipinski definition) is 0. The maximum Gasteiger partial charge on any atom is -0.0357 e. The predicted octanol–water partition coefficient (Wildman–Crippen LogP) is 5.44. The van der Waals surface area contributed by atoms with E-state index in [9.17, 15) is 0 Å². The van der Waals surface area contributed by atoms with Crippen LogP contribution in [0.15, 0.2) is 0 Å². The molecule has 0 aromatic heterocycles. The molecule has 2 rings (SSSR count). The minimum atomic E-state index is 0.789. The molecule has 2 unspecified atom stereocenters. The summed E-state index contributed by atoms with van der Waals surface area (Å²) < 4.78 is 0. The van der Waals surface area contributed by atoms with Gasteiger partial charge < -0.3 is 0 Å². The van der Waals surface area contributed by atoms with Gasteiger partial charge in [-0.15, -0.1) is 0 Å². The molecule has 0 spiro atoms. The third-order valence-corrected chi connectivity index (χ3v) is 4.22. The van der Waals surface area contributed by atoms with Crippen LogP contribution in [0.5, 0.6) is 0 Å². The van der Waals surface area contributed by atoms with Crippen molar-refractivity contribution in [2.75, 3.05) is 0 Å². The summed E-state index contributed by atoms with van der Waals surface area (Å²) in [7, 11) is 0. The van der Waals surface area contributed by atoms with Gasteiger partial charge in [0.1, 0.15) is 0 Å². The fourth-order valence-electron chi connectivity index (χ4n) is 3.42. The zero-order valence-electron chi connectivity index (χ0n) is 11.2. The first-order chi connectivity index (χ1) is 7.79. The van der Waals surface area contributed by atoms with E-state index in [1.54, 1.807) is 0 Å². The average Bonchev–Trinajstić information content (AvgIpc) is 2.32. The molecule has 0 saturated heterocycles. The number of rotatable bonds is 1. The largest absolute Gasteiger partial charge is 0.0654 e. The highest BCUT2D eigenvalue weighted by Gasteiger charge is 2.29. The molecule has 0 aromatic rings. The molecule has 0 aromatic carbocycles. The van der Waals surface area contributed by atoms with Crippen molar-refractivity contribution in [1.29, 1.82) is 0 Å². The Labute approximate surface area is 103 Å². The van der Waals surface area contributed by atoms with Crippen molar-refractivity contribution in [1.82, 2.24) is 0 Å². The van der Waals surface area contributed by atoms with Crippen LogP contribution in [0.3, 0.4) is 0 Å². The van der Waals surface area contributed by atoms with Gasteiger partial charge in [0.25, 0.3) is 0 Å². The van der Waals surface area contributed by atoms with Gasteiger partial charge in [-0.25, -0.2) is 0 Å². The first kappa shape index (κ1) is 14.1. The van der Waals surface area contributed by atoms with Gasteiger partial charge in [-0.3, -0.25) is 0 Å². The SMILES string of the molecule is [CH2]C1CCCCC1C1CCCCC1.[CH2]CC. The maximum atomic E-state index is 4.35. The van der Waals surface area contributed by atoms with Crippen LogP contribution in [-0.2, 0) is 0 Å². The van der Waals surface area contributed by atoms with E-state index in [1.165, 1.54) is 57.8 Å². The van der Waals surface area contributed by atoms with Crippen molar-refractivity contribution in [2.24, 2.45) is 17.8 Å². The van der Waals surface area contributed by atoms with Crippen molar-refractivity contribution >= 4 is 0 Å². The van der Waals surface area contributed by atoms with Crippen LogP contribution < -0.4 is 0 Å². The molecule has 0 aliphatic heterocycles. The summed E-state index contributed by atoms with van der Waals surface area (Å²) in [6.45, 7) is 9.85. The molecule has 2 saturated carbocycles. The minimum Gasteiger partial charge on any atom is -0.0654 e. The molecule has 2 aliphatic rings. The molecule has 0 nitrogen and oxygen atoms in total. The van der Waals surface area contributed by atoms with Crippen LogP contribution in [-0.4, -0.2) is 0 Å². The standard InChI is InChI=1S/C13H23.C3H7/c1-11-7-5-6-10-13(11)12-8-3-2-4-9-12;1-3-2/h11-13H,1-10H2;1,3H2,2H3. The molecule has 2 atom stereocenters. The number of hydrogen-bond donors (Lipinski definition) is 0. The van der Waals surface area contributed by atoms with Crippen LogP contribution in [0, 0.1) is 31.6 Å². The third kappa shape index (κ3) is 4.47. The normalized spacial score (nSPS) is 31.7. The lowest BCUT2D eigenvalue weighted by molar-refractivity contribution is 0.154. The second-order valence-electron chi connectivity index (χ2n) is 5.61. The van der Waals surface area contributed by atoms with E-state index in [0.29, 0.717) is 0 Å². The van der Waals surface area contributed by atoms with Crippen molar-refractivity contribution in [3.05, 3.63) is 13.8 Å². The summed E-state index contributed by atoms with van der Waals surface area (Å²) in [5.74, 6) is 2.84. The van der Waals surface area contributed by atoms with E-state index in [4.69, 9.17) is 0 Å². The van der Waals surface area contributed by atoms with E-state index < -0.39 is 0 Å². The molecule has 2 radical (unpaired) electrons. The fourth-order valence-corrected chi connectivity index (χ4v) is 3.42. The Balaban J connectivity index is 0.000000386. The van der Waals surface area contributed by atoms with Gasteiger partial charge in [0, 0.05) is 0 Å². The van der Waals surface area contributed by atoms with Crippen LogP contribution in [0.4, 0.5) is 0 Å². The van der Waals surface area contributed by atoms with E-state index in [0.717, 1.165) is 24.2 Å². The highest BCUT2D eigenvalue weighted by atomic mass is 14.3. The van der Waals surface area contributed by atoms with Gasteiger partial charge in [-0.05, 0) is 31.1 Å². The third-order valence-electron chi connectivity index (χ3n) is 4.22. The summed E-state index contributed by atoms with van der Waals surface area (Å²) >= 11 is 0. The molecular weight excluding hydrogens is 192 g/mol. The maximum absolute atomic E-state index is 4.35. The van der Waals surface area contributed by atoms with E-state index in [2.05, 4.69) is 13.8 Å². The first-order valence-electron chi connectivity index (χ1n) is 7.42. The Hall–Kier alpha value is 0. The van der Waals surface area contributed by atoms with Crippen molar-refractivity contribution in [3.8, 4) is 0 Å². The molecule has 0 bridgehead atoms. The van der Waals surface area contributed by atoms with Crippen LogP contribution >= 0.6 is 0 Å². The fraction of sp³-hybridized carbons (Fsp3) is 0.875. The Morgan fingerprint density at radius 3 is 1.94 bits per heavy atom. The summed E-state index contributed by atoms with van der Waals surface area (Å²) in [6, 6.07) is 0. The zero-order chi connectivity index (χ0) is 11.8. The second-order valence-corrected chi connectivity index (χ2v) is 5.61. The molecule has 0 amide bonds. The average molecular weight is 222 g/mol. The predicted molar refractivity (Wildman–Crippen MR) is 73.0 cm³/mol. The first-order valence-corrected chi connectivity index (χ1v) is 7.42. The zero-order valence-corrected chi connectivity index (χ0v) is 11.2. The Bertz CT molecular complexity index is 155. The highest BCUT2D eigenvalue weighted by Crippen LogP contribution is 2.40. The van der Waals surface area contributed by atoms with E-state index in [1.807, 2.05) is 6.92 Å². The van der Waals surface area contributed by atoms with Crippen LogP contribution in [0.2, 0.25) is 0 Å². The van der Waals surface area contributed by atoms with Gasteiger partial charge in [0.15, 0.2) is 0 Å². The molecule has 2 fully saturated rings. The van der Waals surface area contributed by atoms with Gasteiger partial charge in [0.2, 0.25) is 0 Å². The van der Waals surface area contributed by atoms with E-state index in [-0.39, 0.29) is 0 Å². The highest BCUT2D eigenvalue weighted by molar-refractivity contribution is 4.83. The molecule has 16 heavy (non-hydrogen) atoms. The monoisotopic (exact) mass is 222 g/mol. The Morgan fingerprint density at radius 2 is 1.38 bits per heavy atom. The topological polar surface area (TPSA) is 0 Å². The molecule has 0 heteroatoms. The van der Waals surface area contributed by atoms with Crippen molar-refractivity contribution in [2.45, 2.75) is 71.1 Å². The smallest absolute Gasteiger partial charge is 0.0357 e. The molecule has 0 N–H and O–H groups in total. The van der Waals surface area contributed by atoms with Crippen LogP contribution in [0.25, 0.3) is 0 Å². The van der Waals surface area contributed by atoms with E-state index >= 15 is 0 Å². The summed E-state index contributed by atoms with van der Waals surface area (Å²) in [5.41, 5.74) is 0. The molecule has 94 valence electrons. The second kappa shape index (κ2) is 8.14. The van der Waals surface area contributed by atoms with Crippen molar-refractivity contribution in [3.63, 3.8) is 0 Å². The summed E-state index contributed by atoms with van der Waals surface area (Å²) in [4.78, 5) is 0. The van der Waals surface area contributed by atoms with Gasteiger partial charge in [0.05, 0.1) is 0 Å². The minimum absolute atomic E-state index is 0.789. The van der Waals surface area contributed by atoms with Gasteiger partial charge >= 0.3 is 0 Å². The molecular formula is C16H30. The Morgan fingerprint density at radius 1 is 0.875 bits per heavy atom. The van der Waals surface area contributed by atoms with Crippen LogP contribution in [0.1, 0.15) is 71.1 Å². The lowest BCUT2D eigenvalue weighted by Crippen LogP contribution is -2.26. The van der Waals surface area contributed by atoms with Gasteiger partial charge in [-0.2, -0.15) is 0 Å².